The van der Waals surface area contributed by atoms with Crippen molar-refractivity contribution in [1.82, 2.24) is 10.2 Å². The monoisotopic (exact) mass is 218 g/mol. The summed E-state index contributed by atoms with van der Waals surface area (Å²) in [5.41, 5.74) is 5.08. The van der Waals surface area contributed by atoms with Crippen molar-refractivity contribution in [3.8, 4) is 0 Å². The maximum absolute atomic E-state index is 11.4. The number of likely N-dealkylation sites (N-methyl/N-ethyl adjacent to an activating group) is 1. The van der Waals surface area contributed by atoms with E-state index in [0.29, 0.717) is 0 Å². The van der Waals surface area contributed by atoms with Gasteiger partial charge in [0.2, 0.25) is 0 Å². The first-order valence-corrected chi connectivity index (χ1v) is 5.58. The van der Waals surface area contributed by atoms with Gasteiger partial charge in [-0.15, -0.1) is 0 Å². The van der Waals surface area contributed by atoms with Gasteiger partial charge in [0.05, 0.1) is 6.04 Å². The van der Waals surface area contributed by atoms with E-state index in [-0.39, 0.29) is 12.1 Å². The lowest BCUT2D eigenvalue weighted by Crippen LogP contribution is -2.24. The summed E-state index contributed by atoms with van der Waals surface area (Å²) in [6.07, 6.45) is 0. The third kappa shape index (κ3) is 1.77. The molecule has 1 heterocycles. The largest absolute Gasteiger partial charge is 0.329 e. The average Bonchev–Trinajstić information content (AvgIpc) is 2.53. The fraction of sp³-hybridized carbons (Fsp3) is 0.462. The van der Waals surface area contributed by atoms with Crippen LogP contribution in [0.5, 0.6) is 0 Å². The molecule has 0 aromatic heterocycles. The molecule has 1 fully saturated rings. The molecule has 0 saturated carbocycles. The molecule has 0 aliphatic carbocycles. The number of aryl methyl sites for hydroxylation is 3. The van der Waals surface area contributed by atoms with Crippen molar-refractivity contribution in [1.29, 1.82) is 0 Å². The Kier molecular flexibility index (Phi) is 2.62. The van der Waals surface area contributed by atoms with Crippen LogP contribution in [-0.2, 0) is 0 Å². The quantitative estimate of drug-likeness (QED) is 0.770. The second kappa shape index (κ2) is 3.81. The molecule has 2 amide bonds. The topological polar surface area (TPSA) is 32.3 Å². The molecule has 1 aromatic rings. The molecule has 0 bridgehead atoms. The molecule has 1 aromatic carbocycles. The van der Waals surface area contributed by atoms with E-state index in [0.717, 1.165) is 6.54 Å². The minimum absolute atomic E-state index is 0.0163. The van der Waals surface area contributed by atoms with Crippen LogP contribution in [0.4, 0.5) is 4.79 Å². The highest BCUT2D eigenvalue weighted by Crippen LogP contribution is 2.25. The van der Waals surface area contributed by atoms with Gasteiger partial charge in [-0.1, -0.05) is 12.1 Å². The van der Waals surface area contributed by atoms with Gasteiger partial charge in [-0.25, -0.2) is 4.79 Å². The van der Waals surface area contributed by atoms with E-state index in [1.54, 1.807) is 4.90 Å². The van der Waals surface area contributed by atoms with Crippen molar-refractivity contribution in [3.63, 3.8) is 0 Å². The van der Waals surface area contributed by atoms with Crippen molar-refractivity contribution in [2.24, 2.45) is 0 Å². The summed E-state index contributed by atoms with van der Waals surface area (Å²) in [5.74, 6) is 0. The molecule has 2 rings (SSSR count). The average molecular weight is 218 g/mol. The highest BCUT2D eigenvalue weighted by molar-refractivity contribution is 5.77. The predicted molar refractivity (Wildman–Crippen MR) is 64.6 cm³/mol. The lowest BCUT2D eigenvalue weighted by molar-refractivity contribution is 0.226. The minimum Gasteiger partial charge on any atom is -0.329 e. The number of carbonyl (C=O) groups excluding carboxylic acids is 1. The highest BCUT2D eigenvalue weighted by atomic mass is 16.2. The van der Waals surface area contributed by atoms with Crippen LogP contribution in [0.15, 0.2) is 12.1 Å². The highest BCUT2D eigenvalue weighted by Gasteiger charge is 2.27. The Bertz CT molecular complexity index is 440. The first kappa shape index (κ1) is 11.0. The Morgan fingerprint density at radius 3 is 2.38 bits per heavy atom. The number of benzene rings is 1. The lowest BCUT2D eigenvalue weighted by atomic mass is 9.96. The van der Waals surface area contributed by atoms with Crippen LogP contribution in [0.3, 0.4) is 0 Å². The molecule has 86 valence electrons. The maximum atomic E-state index is 11.4. The van der Waals surface area contributed by atoms with Gasteiger partial charge in [-0.05, 0) is 43.0 Å². The Hall–Kier alpha value is -1.51. The van der Waals surface area contributed by atoms with Crippen LogP contribution < -0.4 is 5.32 Å². The molecule has 3 nitrogen and oxygen atoms in total. The third-order valence-corrected chi connectivity index (χ3v) is 3.36. The van der Waals surface area contributed by atoms with Crippen molar-refractivity contribution < 1.29 is 4.79 Å². The molecule has 1 N–H and O–H groups in total. The maximum Gasteiger partial charge on any atom is 0.317 e. The van der Waals surface area contributed by atoms with Gasteiger partial charge in [0.1, 0.15) is 0 Å². The smallest absolute Gasteiger partial charge is 0.317 e. The number of amides is 2. The van der Waals surface area contributed by atoms with E-state index in [1.807, 2.05) is 7.05 Å². The molecule has 0 radical (unpaired) electrons. The third-order valence-electron chi connectivity index (χ3n) is 3.36. The Morgan fingerprint density at radius 1 is 1.19 bits per heavy atom. The van der Waals surface area contributed by atoms with Crippen molar-refractivity contribution in [2.75, 3.05) is 13.6 Å². The van der Waals surface area contributed by atoms with Gasteiger partial charge in [0, 0.05) is 13.6 Å². The fourth-order valence-electron chi connectivity index (χ4n) is 2.20. The van der Waals surface area contributed by atoms with Crippen LogP contribution in [0, 0.1) is 20.8 Å². The fourth-order valence-corrected chi connectivity index (χ4v) is 2.20. The van der Waals surface area contributed by atoms with Crippen LogP contribution >= 0.6 is 0 Å². The zero-order valence-electron chi connectivity index (χ0n) is 10.3. The zero-order chi connectivity index (χ0) is 11.9. The Balaban J connectivity index is 2.35. The standard InChI is InChI=1S/C13H18N2O/c1-8-5-10(3)11(6-9(8)2)12-7-15(4)13(16)14-12/h5-6,12H,7H2,1-4H3,(H,14,16). The van der Waals surface area contributed by atoms with Gasteiger partial charge >= 0.3 is 6.03 Å². The van der Waals surface area contributed by atoms with Crippen LogP contribution in [0.25, 0.3) is 0 Å². The van der Waals surface area contributed by atoms with E-state index < -0.39 is 0 Å². The summed E-state index contributed by atoms with van der Waals surface area (Å²) in [7, 11) is 1.83. The molecular weight excluding hydrogens is 200 g/mol. The molecule has 1 aliphatic heterocycles. The SMILES string of the molecule is Cc1cc(C)c(C2CN(C)C(=O)N2)cc1C. The zero-order valence-corrected chi connectivity index (χ0v) is 10.3. The number of carbonyl (C=O) groups is 1. The van der Waals surface area contributed by atoms with Crippen LogP contribution in [-0.4, -0.2) is 24.5 Å². The van der Waals surface area contributed by atoms with Crippen molar-refractivity contribution >= 4 is 6.03 Å². The summed E-state index contributed by atoms with van der Waals surface area (Å²) in [4.78, 5) is 13.2. The number of nitrogens with zero attached hydrogens (tertiary/aromatic N) is 1. The molecule has 16 heavy (non-hydrogen) atoms. The summed E-state index contributed by atoms with van der Waals surface area (Å²) in [6, 6.07) is 4.53. The number of nitrogens with one attached hydrogen (secondary N) is 1. The normalized spacial score (nSPS) is 20.1. The van der Waals surface area contributed by atoms with E-state index in [1.165, 1.54) is 22.3 Å². The number of hydrogen-bond acceptors (Lipinski definition) is 1. The predicted octanol–water partition coefficient (Wildman–Crippen LogP) is 2.31. The summed E-state index contributed by atoms with van der Waals surface area (Å²) in [5, 5.41) is 2.99. The minimum atomic E-state index is 0.0163. The molecular formula is C13H18N2O. The molecule has 1 aliphatic rings. The van der Waals surface area contributed by atoms with Crippen molar-refractivity contribution in [3.05, 3.63) is 34.4 Å². The van der Waals surface area contributed by atoms with E-state index >= 15 is 0 Å². The van der Waals surface area contributed by atoms with Gasteiger partial charge in [-0.2, -0.15) is 0 Å². The van der Waals surface area contributed by atoms with E-state index in [9.17, 15) is 4.79 Å². The first-order chi connectivity index (χ1) is 7.49. The second-order valence-corrected chi connectivity index (χ2v) is 4.68. The van der Waals surface area contributed by atoms with Crippen LogP contribution in [0.1, 0.15) is 28.3 Å². The first-order valence-electron chi connectivity index (χ1n) is 5.58. The molecule has 1 atom stereocenters. The molecule has 0 spiro atoms. The molecule has 1 unspecified atom stereocenters. The number of hydrogen-bond donors (Lipinski definition) is 1. The number of rotatable bonds is 1. The summed E-state index contributed by atoms with van der Waals surface area (Å²) >= 11 is 0. The van der Waals surface area contributed by atoms with Crippen molar-refractivity contribution in [2.45, 2.75) is 26.8 Å². The summed E-state index contributed by atoms with van der Waals surface area (Å²) in [6.45, 7) is 7.08. The van der Waals surface area contributed by atoms with Gasteiger partial charge in [-0.3, -0.25) is 0 Å². The van der Waals surface area contributed by atoms with E-state index in [2.05, 4.69) is 38.2 Å². The van der Waals surface area contributed by atoms with E-state index in [4.69, 9.17) is 0 Å². The van der Waals surface area contributed by atoms with Gasteiger partial charge in [0.25, 0.3) is 0 Å². The Labute approximate surface area is 96.5 Å². The molecule has 1 saturated heterocycles. The Morgan fingerprint density at radius 2 is 1.81 bits per heavy atom. The number of urea groups is 1. The van der Waals surface area contributed by atoms with Gasteiger partial charge < -0.3 is 10.2 Å². The van der Waals surface area contributed by atoms with Gasteiger partial charge in [0.15, 0.2) is 0 Å². The summed E-state index contributed by atoms with van der Waals surface area (Å²) < 4.78 is 0. The van der Waals surface area contributed by atoms with Crippen LogP contribution in [0.2, 0.25) is 0 Å². The molecule has 3 heteroatoms. The lowest BCUT2D eigenvalue weighted by Gasteiger charge is -2.15. The second-order valence-electron chi connectivity index (χ2n) is 4.68.